The van der Waals surface area contributed by atoms with Crippen LogP contribution in [0.4, 0.5) is 5.82 Å². The van der Waals surface area contributed by atoms with Gasteiger partial charge in [-0.25, -0.2) is 9.97 Å². The van der Waals surface area contributed by atoms with Crippen molar-refractivity contribution in [3.8, 4) is 11.3 Å². The lowest BCUT2D eigenvalue weighted by atomic mass is 10.0. The zero-order chi connectivity index (χ0) is 15.0. The van der Waals surface area contributed by atoms with Gasteiger partial charge in [-0.1, -0.05) is 32.0 Å². The van der Waals surface area contributed by atoms with E-state index in [1.165, 1.54) is 0 Å². The van der Waals surface area contributed by atoms with Crippen molar-refractivity contribution < 1.29 is 0 Å². The van der Waals surface area contributed by atoms with Crippen LogP contribution in [0, 0.1) is 6.92 Å². The first kappa shape index (κ1) is 13.5. The van der Waals surface area contributed by atoms with Gasteiger partial charge in [-0.3, -0.25) is 4.98 Å². The number of aromatic nitrogens is 3. The van der Waals surface area contributed by atoms with Crippen LogP contribution in [0.25, 0.3) is 22.2 Å². The molecule has 0 aliphatic heterocycles. The van der Waals surface area contributed by atoms with Crippen LogP contribution in [0.5, 0.6) is 0 Å². The van der Waals surface area contributed by atoms with Crippen LogP contribution >= 0.6 is 0 Å². The van der Waals surface area contributed by atoms with Gasteiger partial charge >= 0.3 is 0 Å². The van der Waals surface area contributed by atoms with Crippen molar-refractivity contribution in [3.05, 3.63) is 47.9 Å². The molecule has 0 fully saturated rings. The number of hydrogen-bond donors (Lipinski definition) is 1. The third-order valence-electron chi connectivity index (χ3n) is 3.60. The van der Waals surface area contributed by atoms with Gasteiger partial charge in [0, 0.05) is 28.6 Å². The van der Waals surface area contributed by atoms with Crippen LogP contribution in [0.2, 0.25) is 0 Å². The van der Waals surface area contributed by atoms with E-state index in [0.29, 0.717) is 5.82 Å². The smallest absolute Gasteiger partial charge is 0.133 e. The van der Waals surface area contributed by atoms with E-state index in [0.717, 1.165) is 33.5 Å². The highest BCUT2D eigenvalue weighted by molar-refractivity contribution is 5.84. The molecular weight excluding hydrogens is 260 g/mol. The van der Waals surface area contributed by atoms with Gasteiger partial charge in [0.25, 0.3) is 0 Å². The molecule has 21 heavy (non-hydrogen) atoms. The van der Waals surface area contributed by atoms with E-state index in [-0.39, 0.29) is 5.92 Å². The van der Waals surface area contributed by atoms with Gasteiger partial charge < -0.3 is 5.73 Å². The van der Waals surface area contributed by atoms with Gasteiger partial charge in [0.2, 0.25) is 0 Å². The van der Waals surface area contributed by atoms with Crippen LogP contribution in [-0.4, -0.2) is 15.0 Å². The van der Waals surface area contributed by atoms with Gasteiger partial charge in [-0.05, 0) is 19.1 Å². The summed E-state index contributed by atoms with van der Waals surface area (Å²) in [7, 11) is 0. The predicted octanol–water partition coefficient (Wildman–Crippen LogP) is 3.71. The maximum atomic E-state index is 6.04. The quantitative estimate of drug-likeness (QED) is 0.776. The number of hydrogen-bond acceptors (Lipinski definition) is 4. The lowest BCUT2D eigenvalue weighted by Gasteiger charge is -2.12. The first-order chi connectivity index (χ1) is 10.1. The fraction of sp³-hybridized carbons (Fsp3) is 0.235. The first-order valence-electron chi connectivity index (χ1n) is 7.05. The molecule has 0 unspecified atom stereocenters. The van der Waals surface area contributed by atoms with Crippen LogP contribution < -0.4 is 5.73 Å². The van der Waals surface area contributed by atoms with E-state index < -0.39 is 0 Å². The summed E-state index contributed by atoms with van der Waals surface area (Å²) in [4.78, 5) is 13.5. The maximum absolute atomic E-state index is 6.04. The Morgan fingerprint density at radius 3 is 2.67 bits per heavy atom. The molecule has 3 rings (SSSR count). The van der Waals surface area contributed by atoms with Crippen LogP contribution in [0.3, 0.4) is 0 Å². The summed E-state index contributed by atoms with van der Waals surface area (Å²) in [6.45, 7) is 6.09. The molecule has 3 aromatic rings. The number of pyridine rings is 1. The van der Waals surface area contributed by atoms with E-state index in [1.54, 1.807) is 6.20 Å². The molecule has 2 aromatic heterocycles. The normalized spacial score (nSPS) is 11.2. The number of benzene rings is 1. The molecule has 0 aliphatic rings. The fourth-order valence-electron chi connectivity index (χ4n) is 2.30. The van der Waals surface area contributed by atoms with E-state index in [9.17, 15) is 0 Å². The van der Waals surface area contributed by atoms with Crippen molar-refractivity contribution in [2.75, 3.05) is 5.73 Å². The van der Waals surface area contributed by atoms with Crippen LogP contribution in [-0.2, 0) is 0 Å². The minimum absolute atomic E-state index is 0.241. The van der Waals surface area contributed by atoms with Gasteiger partial charge in [-0.2, -0.15) is 0 Å². The fourth-order valence-corrected chi connectivity index (χ4v) is 2.30. The molecule has 0 atom stereocenters. The minimum Gasteiger partial charge on any atom is -0.383 e. The Morgan fingerprint density at radius 1 is 1.10 bits per heavy atom. The van der Waals surface area contributed by atoms with E-state index >= 15 is 0 Å². The zero-order valence-corrected chi connectivity index (χ0v) is 12.5. The molecule has 2 heterocycles. The van der Waals surface area contributed by atoms with E-state index in [4.69, 9.17) is 10.7 Å². The second kappa shape index (κ2) is 5.13. The Kier molecular flexibility index (Phi) is 3.29. The summed E-state index contributed by atoms with van der Waals surface area (Å²) < 4.78 is 0. The van der Waals surface area contributed by atoms with Crippen molar-refractivity contribution in [3.63, 3.8) is 0 Å². The minimum atomic E-state index is 0.241. The molecule has 2 N–H and O–H groups in total. The van der Waals surface area contributed by atoms with E-state index in [2.05, 4.69) is 35.9 Å². The summed E-state index contributed by atoms with van der Waals surface area (Å²) in [5.41, 5.74) is 9.82. The average molecular weight is 278 g/mol. The number of anilines is 1. The highest BCUT2D eigenvalue weighted by atomic mass is 15.0. The number of nitrogens with two attached hydrogens (primary N) is 1. The molecule has 4 heteroatoms. The van der Waals surface area contributed by atoms with Crippen molar-refractivity contribution in [2.24, 2.45) is 0 Å². The topological polar surface area (TPSA) is 64.7 Å². The molecule has 0 bridgehead atoms. The first-order valence-corrected chi connectivity index (χ1v) is 7.05. The third kappa shape index (κ3) is 2.44. The Bertz CT molecular complexity index is 809. The van der Waals surface area contributed by atoms with Crippen LogP contribution in [0.1, 0.15) is 31.2 Å². The van der Waals surface area contributed by atoms with Crippen molar-refractivity contribution in [1.82, 2.24) is 15.0 Å². The molecular formula is C17H18N4. The summed E-state index contributed by atoms with van der Waals surface area (Å²) >= 11 is 0. The monoisotopic (exact) mass is 278 g/mol. The molecule has 106 valence electrons. The molecule has 4 nitrogen and oxygen atoms in total. The van der Waals surface area contributed by atoms with Crippen molar-refractivity contribution in [2.45, 2.75) is 26.7 Å². The third-order valence-corrected chi connectivity index (χ3v) is 3.60. The predicted molar refractivity (Wildman–Crippen MR) is 86.0 cm³/mol. The Morgan fingerprint density at radius 2 is 1.90 bits per heavy atom. The number of rotatable bonds is 2. The largest absolute Gasteiger partial charge is 0.383 e. The summed E-state index contributed by atoms with van der Waals surface area (Å²) in [6, 6.07) is 10.2. The van der Waals surface area contributed by atoms with Crippen molar-refractivity contribution in [1.29, 1.82) is 0 Å². The van der Waals surface area contributed by atoms with Crippen LogP contribution in [0.15, 0.2) is 36.5 Å². The molecule has 0 radical (unpaired) electrons. The molecule has 0 saturated heterocycles. The standard InChI is InChI=1S/C17H18N4/c1-10(2)17-20-15(11(3)16(18)21-17)13-7-6-12-5-4-8-19-14(12)9-13/h4-10H,1-3H3,(H2,18,20,21). The summed E-state index contributed by atoms with van der Waals surface area (Å²) in [6.07, 6.45) is 1.80. The molecule has 0 saturated carbocycles. The second-order valence-electron chi connectivity index (χ2n) is 5.51. The van der Waals surface area contributed by atoms with Gasteiger partial charge in [0.1, 0.15) is 11.6 Å². The maximum Gasteiger partial charge on any atom is 0.133 e. The number of nitrogens with zero attached hydrogens (tertiary/aromatic N) is 3. The highest BCUT2D eigenvalue weighted by Gasteiger charge is 2.13. The molecule has 0 aliphatic carbocycles. The highest BCUT2D eigenvalue weighted by Crippen LogP contribution is 2.28. The molecule has 0 amide bonds. The Labute approximate surface area is 124 Å². The van der Waals surface area contributed by atoms with Gasteiger partial charge in [0.15, 0.2) is 0 Å². The summed E-state index contributed by atoms with van der Waals surface area (Å²) in [5, 5.41) is 1.12. The average Bonchev–Trinajstić information content (AvgIpc) is 2.49. The molecule has 0 spiro atoms. The number of fused-ring (bicyclic) bond motifs is 1. The van der Waals surface area contributed by atoms with Gasteiger partial charge in [0.05, 0.1) is 11.2 Å². The Hall–Kier alpha value is -2.49. The lowest BCUT2D eigenvalue weighted by Crippen LogP contribution is -2.06. The SMILES string of the molecule is Cc1c(N)nc(C(C)C)nc1-c1ccc2cccnc2c1. The number of nitrogen functional groups attached to an aromatic ring is 1. The molecule has 1 aromatic carbocycles. The zero-order valence-electron chi connectivity index (χ0n) is 12.5. The summed E-state index contributed by atoms with van der Waals surface area (Å²) in [5.74, 6) is 1.56. The van der Waals surface area contributed by atoms with Gasteiger partial charge in [-0.15, -0.1) is 0 Å². The lowest BCUT2D eigenvalue weighted by molar-refractivity contribution is 0.776. The van der Waals surface area contributed by atoms with E-state index in [1.807, 2.05) is 25.1 Å². The van der Waals surface area contributed by atoms with Crippen molar-refractivity contribution >= 4 is 16.7 Å². The Balaban J connectivity index is 2.21. The second-order valence-corrected chi connectivity index (χ2v) is 5.51.